The van der Waals surface area contributed by atoms with E-state index < -0.39 is 0 Å². The summed E-state index contributed by atoms with van der Waals surface area (Å²) in [6.07, 6.45) is 8.15. The predicted molar refractivity (Wildman–Crippen MR) is 160 cm³/mol. The van der Waals surface area contributed by atoms with E-state index in [9.17, 15) is 9.59 Å². The first-order valence-electron chi connectivity index (χ1n) is 15.2. The molecule has 10 nitrogen and oxygen atoms in total. The van der Waals surface area contributed by atoms with E-state index in [0.717, 1.165) is 80.9 Å². The quantitative estimate of drug-likeness (QED) is 0.454. The normalized spacial score (nSPS) is 21.9. The highest BCUT2D eigenvalue weighted by atomic mass is 16.5. The van der Waals surface area contributed by atoms with E-state index in [1.807, 2.05) is 19.1 Å². The molecule has 1 aliphatic carbocycles. The zero-order valence-corrected chi connectivity index (χ0v) is 24.0. The number of carbonyl (C=O) groups excluding carboxylic acids is 1. The van der Waals surface area contributed by atoms with Gasteiger partial charge in [-0.05, 0) is 76.4 Å². The molecule has 0 unspecified atom stereocenters. The number of aromatic nitrogens is 3. The molecule has 7 rings (SSSR count). The second-order valence-electron chi connectivity index (χ2n) is 12.0. The molecule has 2 saturated heterocycles. The number of hydrogen-bond donors (Lipinski definition) is 2. The second kappa shape index (κ2) is 10.7. The van der Waals surface area contributed by atoms with Crippen LogP contribution in [0.25, 0.3) is 11.0 Å². The molecule has 1 saturated carbocycles. The molecule has 3 fully saturated rings. The average Bonchev–Trinajstić information content (AvgIpc) is 3.51. The molecule has 1 aromatic carbocycles. The number of fused-ring (bicyclic) bond motifs is 4. The number of aryl methyl sites for hydroxylation is 1. The van der Waals surface area contributed by atoms with E-state index in [-0.39, 0.29) is 22.9 Å². The smallest absolute Gasteiger partial charge is 0.263 e. The van der Waals surface area contributed by atoms with Gasteiger partial charge in [0.15, 0.2) is 5.78 Å². The second-order valence-corrected chi connectivity index (χ2v) is 12.0. The van der Waals surface area contributed by atoms with E-state index in [0.29, 0.717) is 35.8 Å². The molecule has 41 heavy (non-hydrogen) atoms. The van der Waals surface area contributed by atoms with Crippen molar-refractivity contribution in [3.63, 3.8) is 0 Å². The van der Waals surface area contributed by atoms with Gasteiger partial charge in [0.25, 0.3) is 5.56 Å². The van der Waals surface area contributed by atoms with Gasteiger partial charge in [0.05, 0.1) is 17.3 Å². The molecule has 0 spiro atoms. The summed E-state index contributed by atoms with van der Waals surface area (Å²) in [6, 6.07) is 7.18. The van der Waals surface area contributed by atoms with Crippen LogP contribution in [0.15, 0.2) is 29.2 Å². The molecular formula is C31H39N7O3. The van der Waals surface area contributed by atoms with Gasteiger partial charge in [0.1, 0.15) is 18.0 Å². The number of anilines is 3. The largest absolute Gasteiger partial charge is 0.489 e. The Morgan fingerprint density at radius 1 is 1.07 bits per heavy atom. The molecule has 3 aromatic rings. The minimum absolute atomic E-state index is 0.0489. The van der Waals surface area contributed by atoms with Crippen LogP contribution in [0.3, 0.4) is 0 Å². The van der Waals surface area contributed by atoms with Crippen LogP contribution in [0.1, 0.15) is 67.4 Å². The van der Waals surface area contributed by atoms with Gasteiger partial charge in [-0.1, -0.05) is 12.8 Å². The molecule has 3 aliphatic heterocycles. The Kier molecular flexibility index (Phi) is 6.90. The number of pyridine rings is 1. The van der Waals surface area contributed by atoms with Gasteiger partial charge in [0.2, 0.25) is 5.95 Å². The first-order chi connectivity index (χ1) is 20.0. The van der Waals surface area contributed by atoms with E-state index in [4.69, 9.17) is 9.72 Å². The van der Waals surface area contributed by atoms with Crippen molar-refractivity contribution in [1.82, 2.24) is 24.8 Å². The highest BCUT2D eigenvalue weighted by Gasteiger charge is 2.35. The summed E-state index contributed by atoms with van der Waals surface area (Å²) in [5.41, 5.74) is 3.23. The molecule has 4 aliphatic rings. The minimum atomic E-state index is -0.236. The van der Waals surface area contributed by atoms with Gasteiger partial charge in [0, 0.05) is 49.0 Å². The lowest BCUT2D eigenvalue weighted by Gasteiger charge is -2.48. The van der Waals surface area contributed by atoms with E-state index >= 15 is 0 Å². The maximum atomic E-state index is 13.6. The van der Waals surface area contributed by atoms with Crippen LogP contribution in [-0.2, 0) is 0 Å². The van der Waals surface area contributed by atoms with Crippen LogP contribution in [0.5, 0.6) is 5.75 Å². The topological polar surface area (TPSA) is 105 Å². The number of piperidine rings is 1. The van der Waals surface area contributed by atoms with Crippen LogP contribution in [0.4, 0.5) is 17.3 Å². The summed E-state index contributed by atoms with van der Waals surface area (Å²) >= 11 is 0. The Balaban J connectivity index is 1.18. The molecule has 2 N–H and O–H groups in total. The van der Waals surface area contributed by atoms with Crippen molar-refractivity contribution in [3.8, 4) is 5.75 Å². The Hall–Kier alpha value is -3.50. The maximum absolute atomic E-state index is 13.6. The number of carbonyl (C=O) groups is 1. The number of nitrogens with zero attached hydrogens (tertiary/aromatic N) is 5. The third-order valence-electron chi connectivity index (χ3n) is 9.55. The number of nitrogens with one attached hydrogen (secondary N) is 2. The highest BCUT2D eigenvalue weighted by molar-refractivity contribution is 5.99. The number of piperazine rings is 1. The first kappa shape index (κ1) is 26.4. The van der Waals surface area contributed by atoms with E-state index in [1.165, 1.54) is 19.8 Å². The lowest BCUT2D eigenvalue weighted by atomic mass is 10.0. The average molecular weight is 558 g/mol. The summed E-state index contributed by atoms with van der Waals surface area (Å²) in [4.78, 5) is 40.6. The van der Waals surface area contributed by atoms with E-state index in [2.05, 4.69) is 31.5 Å². The van der Waals surface area contributed by atoms with Gasteiger partial charge in [-0.2, -0.15) is 4.98 Å². The molecule has 0 amide bonds. The minimum Gasteiger partial charge on any atom is -0.489 e. The molecule has 0 radical (unpaired) electrons. The fraction of sp³-hybridized carbons (Fsp3) is 0.548. The number of benzene rings is 1. The lowest BCUT2D eigenvalue weighted by molar-refractivity contribution is 0.101. The zero-order valence-electron chi connectivity index (χ0n) is 24.0. The fourth-order valence-electron chi connectivity index (χ4n) is 7.41. The number of ketones is 1. The number of ether oxygens (including phenoxy) is 1. The van der Waals surface area contributed by atoms with Crippen molar-refractivity contribution in [2.75, 3.05) is 49.5 Å². The standard InChI is InChI=1S/C31H39N7O3/c1-19-25-16-33-31(35-29(25)38(23-5-3-4-6-23)30(40)28(19)20(2)39)34-21-7-8-27-26(15-21)37-14-13-36(17-24(37)18-41-27)22-9-11-32-12-10-22/h7-8,15-16,22-24,32H,3-6,9-14,17-18H2,1-2H3,(H,33,34,35)/t24-/m1/s1. The van der Waals surface area contributed by atoms with Crippen LogP contribution in [0, 0.1) is 6.92 Å². The molecular weight excluding hydrogens is 518 g/mol. The summed E-state index contributed by atoms with van der Waals surface area (Å²) in [5.74, 6) is 1.13. The molecule has 0 bridgehead atoms. The number of hydrogen-bond acceptors (Lipinski definition) is 9. The van der Waals surface area contributed by atoms with Crippen LogP contribution < -0.4 is 25.8 Å². The van der Waals surface area contributed by atoms with Gasteiger partial charge in [-0.25, -0.2) is 4.98 Å². The molecule has 5 heterocycles. The Morgan fingerprint density at radius 2 is 1.88 bits per heavy atom. The van der Waals surface area contributed by atoms with Crippen LogP contribution in [-0.4, -0.2) is 76.6 Å². The Bertz CT molecular complexity index is 1540. The third-order valence-corrected chi connectivity index (χ3v) is 9.55. The molecule has 10 heteroatoms. The summed E-state index contributed by atoms with van der Waals surface area (Å²) in [6.45, 7) is 9.26. The molecule has 1 atom stereocenters. The van der Waals surface area contributed by atoms with Crippen LogP contribution in [0.2, 0.25) is 0 Å². The zero-order chi connectivity index (χ0) is 28.1. The third kappa shape index (κ3) is 4.76. The lowest BCUT2D eigenvalue weighted by Crippen LogP contribution is -2.60. The van der Waals surface area contributed by atoms with Gasteiger partial charge in [-0.3, -0.25) is 19.1 Å². The van der Waals surface area contributed by atoms with Gasteiger partial charge in [-0.15, -0.1) is 0 Å². The van der Waals surface area contributed by atoms with Crippen LogP contribution >= 0.6 is 0 Å². The fourth-order valence-corrected chi connectivity index (χ4v) is 7.41. The van der Waals surface area contributed by atoms with Crippen molar-refractivity contribution in [1.29, 1.82) is 0 Å². The summed E-state index contributed by atoms with van der Waals surface area (Å²) in [7, 11) is 0. The van der Waals surface area contributed by atoms with Crippen molar-refractivity contribution < 1.29 is 9.53 Å². The van der Waals surface area contributed by atoms with Crippen molar-refractivity contribution in [2.45, 2.75) is 70.5 Å². The maximum Gasteiger partial charge on any atom is 0.263 e. The van der Waals surface area contributed by atoms with Gasteiger partial charge >= 0.3 is 0 Å². The SMILES string of the molecule is CC(=O)c1c(C)c2cnc(Nc3ccc4c(c3)N3CCN(C5CCNCC5)C[C@@H]3CO4)nc2n(C2CCCC2)c1=O. The summed E-state index contributed by atoms with van der Waals surface area (Å²) in [5, 5.41) is 7.62. The molecule has 216 valence electrons. The van der Waals surface area contributed by atoms with E-state index in [1.54, 1.807) is 10.8 Å². The highest BCUT2D eigenvalue weighted by Crippen LogP contribution is 2.38. The monoisotopic (exact) mass is 557 g/mol. The number of Topliss-reactive ketones (excluding diaryl/α,β-unsaturated/α-hetero) is 1. The Labute approximate surface area is 240 Å². The number of rotatable bonds is 5. The van der Waals surface area contributed by atoms with Crippen molar-refractivity contribution in [3.05, 3.63) is 45.9 Å². The first-order valence-corrected chi connectivity index (χ1v) is 15.2. The van der Waals surface area contributed by atoms with Crippen molar-refractivity contribution in [2.24, 2.45) is 0 Å². The molecule has 2 aromatic heterocycles. The predicted octanol–water partition coefficient (Wildman–Crippen LogP) is 3.80. The van der Waals surface area contributed by atoms with Gasteiger partial charge < -0.3 is 20.3 Å². The van der Waals surface area contributed by atoms with Crippen molar-refractivity contribution >= 4 is 34.1 Å². The summed E-state index contributed by atoms with van der Waals surface area (Å²) < 4.78 is 7.97. The Morgan fingerprint density at radius 3 is 2.66 bits per heavy atom.